The Bertz CT molecular complexity index is 1330. The van der Waals surface area contributed by atoms with Gasteiger partial charge in [0, 0.05) is 17.5 Å². The minimum absolute atomic E-state index is 0.0673. The van der Waals surface area contributed by atoms with Gasteiger partial charge in [-0.25, -0.2) is 4.68 Å². The summed E-state index contributed by atoms with van der Waals surface area (Å²) in [5.41, 5.74) is 1.64. The SMILES string of the molecule is CCOc1ccc(Cn2cc(NC(=O)c3ccn(Cn4cnc([N+](=O)[O-])n4)n3)cn2)cc1OCC. The average Bonchev–Trinajstić information content (AvgIpc) is 3.58. The summed E-state index contributed by atoms with van der Waals surface area (Å²) in [6.45, 7) is 5.44. The summed E-state index contributed by atoms with van der Waals surface area (Å²) in [7, 11) is 0. The van der Waals surface area contributed by atoms with Crippen LogP contribution in [0.15, 0.2) is 49.2 Å². The molecule has 0 atom stereocenters. The maximum Gasteiger partial charge on any atom is 0.491 e. The summed E-state index contributed by atoms with van der Waals surface area (Å²) in [5.74, 6) is 0.427. The second-order valence-corrected chi connectivity index (χ2v) is 7.25. The second kappa shape index (κ2) is 10.5. The van der Waals surface area contributed by atoms with Crippen LogP contribution in [0.4, 0.5) is 11.6 Å². The fourth-order valence-electron chi connectivity index (χ4n) is 3.24. The van der Waals surface area contributed by atoms with Crippen molar-refractivity contribution in [2.45, 2.75) is 27.1 Å². The molecule has 0 aliphatic carbocycles. The first kappa shape index (κ1) is 23.4. The molecule has 0 radical (unpaired) electrons. The standard InChI is InChI=1S/C21H23N9O5/c1-3-34-18-6-5-15(9-19(18)35-4-2)11-28-12-16(10-23-28)24-20(31)17-7-8-27(25-17)14-29-13-22-21(26-29)30(32)33/h5-10,12-13H,3-4,11,14H2,1-2H3,(H,24,31). The molecule has 1 N–H and O–H groups in total. The van der Waals surface area contributed by atoms with E-state index in [0.717, 1.165) is 5.56 Å². The number of hydrogen-bond acceptors (Lipinski definition) is 9. The molecule has 14 heteroatoms. The van der Waals surface area contributed by atoms with Crippen molar-refractivity contribution in [1.29, 1.82) is 0 Å². The zero-order chi connectivity index (χ0) is 24.8. The minimum atomic E-state index is -0.688. The normalized spacial score (nSPS) is 10.8. The largest absolute Gasteiger partial charge is 0.491 e. The van der Waals surface area contributed by atoms with Crippen molar-refractivity contribution in [3.63, 3.8) is 0 Å². The van der Waals surface area contributed by atoms with Crippen LogP contribution in [0.25, 0.3) is 0 Å². The number of nitro groups is 1. The van der Waals surface area contributed by atoms with E-state index in [4.69, 9.17) is 9.47 Å². The fraction of sp³-hybridized carbons (Fsp3) is 0.286. The summed E-state index contributed by atoms with van der Waals surface area (Å²) in [5, 5.41) is 25.6. The maximum absolute atomic E-state index is 12.6. The number of anilines is 1. The summed E-state index contributed by atoms with van der Waals surface area (Å²) in [6.07, 6.45) is 6.03. The zero-order valence-electron chi connectivity index (χ0n) is 19.1. The van der Waals surface area contributed by atoms with Gasteiger partial charge in [-0.05, 0) is 42.5 Å². The van der Waals surface area contributed by atoms with Gasteiger partial charge in [0.2, 0.25) is 6.33 Å². The van der Waals surface area contributed by atoms with Crippen LogP contribution in [-0.4, -0.2) is 58.4 Å². The lowest BCUT2D eigenvalue weighted by Gasteiger charge is -2.12. The molecule has 35 heavy (non-hydrogen) atoms. The summed E-state index contributed by atoms with van der Waals surface area (Å²) < 4.78 is 15.6. The highest BCUT2D eigenvalue weighted by atomic mass is 16.6. The van der Waals surface area contributed by atoms with Crippen LogP contribution in [0.1, 0.15) is 29.9 Å². The van der Waals surface area contributed by atoms with Gasteiger partial charge in [0.15, 0.2) is 23.9 Å². The van der Waals surface area contributed by atoms with Crippen LogP contribution in [0, 0.1) is 10.1 Å². The van der Waals surface area contributed by atoms with Crippen LogP contribution >= 0.6 is 0 Å². The number of amides is 1. The third kappa shape index (κ3) is 5.79. The Morgan fingerprint density at radius 3 is 2.63 bits per heavy atom. The van der Waals surface area contributed by atoms with E-state index in [2.05, 4.69) is 25.6 Å². The highest BCUT2D eigenvalue weighted by Crippen LogP contribution is 2.29. The lowest BCUT2D eigenvalue weighted by molar-refractivity contribution is -0.394. The number of aromatic nitrogens is 7. The molecule has 0 saturated carbocycles. The van der Waals surface area contributed by atoms with Crippen molar-refractivity contribution >= 4 is 17.5 Å². The van der Waals surface area contributed by atoms with Gasteiger partial charge < -0.3 is 24.9 Å². The van der Waals surface area contributed by atoms with Gasteiger partial charge in [0.05, 0.1) is 31.6 Å². The molecule has 3 heterocycles. The molecule has 0 aliphatic heterocycles. The Morgan fingerprint density at radius 1 is 1.09 bits per heavy atom. The van der Waals surface area contributed by atoms with Crippen LogP contribution in [-0.2, 0) is 13.2 Å². The molecule has 4 rings (SSSR count). The van der Waals surface area contributed by atoms with Crippen molar-refractivity contribution in [2.24, 2.45) is 0 Å². The maximum atomic E-state index is 12.6. The van der Waals surface area contributed by atoms with Crippen molar-refractivity contribution in [1.82, 2.24) is 34.3 Å². The molecular formula is C21H23N9O5. The van der Waals surface area contributed by atoms with Gasteiger partial charge in [-0.15, -0.1) is 0 Å². The Hall–Kier alpha value is -4.75. The lowest BCUT2D eigenvalue weighted by Crippen LogP contribution is -2.14. The molecule has 182 valence electrons. The molecule has 0 fully saturated rings. The lowest BCUT2D eigenvalue weighted by atomic mass is 10.2. The van der Waals surface area contributed by atoms with Crippen LogP contribution in [0.3, 0.4) is 0 Å². The molecular weight excluding hydrogens is 458 g/mol. The van der Waals surface area contributed by atoms with E-state index >= 15 is 0 Å². The summed E-state index contributed by atoms with van der Waals surface area (Å²) in [4.78, 5) is 26.2. The van der Waals surface area contributed by atoms with Gasteiger partial charge in [-0.2, -0.15) is 14.9 Å². The monoisotopic (exact) mass is 481 g/mol. The topological polar surface area (TPSA) is 157 Å². The number of rotatable bonds is 11. The third-order valence-electron chi connectivity index (χ3n) is 4.69. The molecule has 0 saturated heterocycles. The van der Waals surface area contributed by atoms with Gasteiger partial charge in [-0.3, -0.25) is 9.48 Å². The number of nitrogens with one attached hydrogen (secondary N) is 1. The number of carbonyl (C=O) groups is 1. The van der Waals surface area contributed by atoms with E-state index in [1.165, 1.54) is 21.8 Å². The predicted octanol–water partition coefficient (Wildman–Crippen LogP) is 2.18. The molecule has 4 aromatic rings. The number of benzene rings is 1. The van der Waals surface area contributed by atoms with Gasteiger partial charge in [-0.1, -0.05) is 11.1 Å². The Labute approximate surface area is 199 Å². The first-order valence-corrected chi connectivity index (χ1v) is 10.7. The van der Waals surface area contributed by atoms with Crippen molar-refractivity contribution in [3.8, 4) is 11.5 Å². The highest BCUT2D eigenvalue weighted by Gasteiger charge is 2.15. The average molecular weight is 481 g/mol. The molecule has 3 aromatic heterocycles. The highest BCUT2D eigenvalue weighted by molar-refractivity contribution is 6.02. The number of hydrogen-bond donors (Lipinski definition) is 1. The molecule has 0 unspecified atom stereocenters. The molecule has 14 nitrogen and oxygen atoms in total. The molecule has 0 bridgehead atoms. The third-order valence-corrected chi connectivity index (χ3v) is 4.69. The molecule has 1 amide bonds. The van der Waals surface area contributed by atoms with Crippen LogP contribution < -0.4 is 14.8 Å². The molecule has 1 aromatic carbocycles. The van der Waals surface area contributed by atoms with Crippen molar-refractivity contribution in [3.05, 3.63) is 70.6 Å². The van der Waals surface area contributed by atoms with E-state index in [9.17, 15) is 14.9 Å². The minimum Gasteiger partial charge on any atom is -0.490 e. The van der Waals surface area contributed by atoms with Gasteiger partial charge in [0.1, 0.15) is 0 Å². The number of carbonyl (C=O) groups excluding carboxylic acids is 1. The second-order valence-electron chi connectivity index (χ2n) is 7.25. The van der Waals surface area contributed by atoms with Crippen LogP contribution in [0.2, 0.25) is 0 Å². The number of nitrogens with zero attached hydrogens (tertiary/aromatic N) is 8. The van der Waals surface area contributed by atoms with E-state index in [0.29, 0.717) is 36.9 Å². The molecule has 0 aliphatic rings. The van der Waals surface area contributed by atoms with Gasteiger partial charge in [0.25, 0.3) is 5.91 Å². The Morgan fingerprint density at radius 2 is 1.89 bits per heavy atom. The van der Waals surface area contributed by atoms with Crippen LogP contribution in [0.5, 0.6) is 11.5 Å². The van der Waals surface area contributed by atoms with Crippen molar-refractivity contribution in [2.75, 3.05) is 18.5 Å². The van der Waals surface area contributed by atoms with Gasteiger partial charge >= 0.3 is 5.95 Å². The summed E-state index contributed by atoms with van der Waals surface area (Å²) in [6, 6.07) is 7.23. The fourth-order valence-corrected chi connectivity index (χ4v) is 3.24. The zero-order valence-corrected chi connectivity index (χ0v) is 19.1. The van der Waals surface area contributed by atoms with E-state index in [1.54, 1.807) is 23.3 Å². The first-order chi connectivity index (χ1) is 16.9. The Balaban J connectivity index is 1.37. The molecule has 0 spiro atoms. The van der Waals surface area contributed by atoms with E-state index in [1.807, 2.05) is 32.0 Å². The predicted molar refractivity (Wildman–Crippen MR) is 122 cm³/mol. The quantitative estimate of drug-likeness (QED) is 0.250. The number of ether oxygens (including phenoxy) is 2. The van der Waals surface area contributed by atoms with E-state index in [-0.39, 0.29) is 12.4 Å². The summed E-state index contributed by atoms with van der Waals surface area (Å²) >= 11 is 0. The van der Waals surface area contributed by atoms with E-state index < -0.39 is 16.8 Å². The Kier molecular flexibility index (Phi) is 6.99. The first-order valence-electron chi connectivity index (χ1n) is 10.7. The van der Waals surface area contributed by atoms with Crippen molar-refractivity contribution < 1.29 is 19.2 Å². The smallest absolute Gasteiger partial charge is 0.490 e.